The topological polar surface area (TPSA) is 58.6 Å². The first-order chi connectivity index (χ1) is 12.9. The van der Waals surface area contributed by atoms with Crippen LogP contribution < -0.4 is 5.32 Å². The van der Waals surface area contributed by atoms with Gasteiger partial charge in [-0.2, -0.15) is 0 Å². The molecule has 0 radical (unpaired) electrons. The van der Waals surface area contributed by atoms with E-state index in [1.807, 2.05) is 36.1 Å². The lowest BCUT2D eigenvalue weighted by atomic mass is 9.88. The van der Waals surface area contributed by atoms with Crippen molar-refractivity contribution in [3.05, 3.63) is 35.4 Å². The third-order valence-electron chi connectivity index (χ3n) is 5.75. The third-order valence-corrected chi connectivity index (χ3v) is 5.75. The highest BCUT2D eigenvalue weighted by Gasteiger charge is 2.43. The van der Waals surface area contributed by atoms with E-state index in [-0.39, 0.29) is 23.5 Å². The second-order valence-corrected chi connectivity index (χ2v) is 8.52. The molecule has 1 N–H and O–H groups in total. The largest absolute Gasteiger partial charge is 0.370 e. The molecule has 0 saturated carbocycles. The summed E-state index contributed by atoms with van der Waals surface area (Å²) in [5.41, 5.74) is 1.73. The molecule has 1 spiro atoms. The number of piperidine rings is 1. The maximum atomic E-state index is 12.3. The highest BCUT2D eigenvalue weighted by atomic mass is 16.5. The fourth-order valence-corrected chi connectivity index (χ4v) is 4.06. The molecule has 2 fully saturated rings. The number of hydrogen-bond donors (Lipinski definition) is 1. The molecule has 2 aliphatic heterocycles. The van der Waals surface area contributed by atoms with Gasteiger partial charge in [-0.15, -0.1) is 0 Å². The van der Waals surface area contributed by atoms with Crippen molar-refractivity contribution in [2.24, 2.45) is 5.92 Å². The predicted octanol–water partition coefficient (Wildman–Crippen LogP) is 3.31. The van der Waals surface area contributed by atoms with Crippen molar-refractivity contribution in [3.63, 3.8) is 0 Å². The van der Waals surface area contributed by atoms with Gasteiger partial charge < -0.3 is 15.0 Å². The average Bonchev–Trinajstić information content (AvgIpc) is 3.03. The van der Waals surface area contributed by atoms with Crippen LogP contribution in [0.1, 0.15) is 61.9 Å². The van der Waals surface area contributed by atoms with Gasteiger partial charge in [0.15, 0.2) is 0 Å². The maximum Gasteiger partial charge on any atom is 0.251 e. The number of aryl methyl sites for hydroxylation is 1. The molecule has 0 bridgehead atoms. The molecule has 3 rings (SSSR count). The molecule has 1 aromatic carbocycles. The van der Waals surface area contributed by atoms with Gasteiger partial charge in [0.05, 0.1) is 11.7 Å². The first-order valence-electron chi connectivity index (χ1n) is 10.2. The lowest BCUT2D eigenvalue weighted by Crippen LogP contribution is -2.47. The van der Waals surface area contributed by atoms with Gasteiger partial charge in [0, 0.05) is 31.6 Å². The zero-order valence-electron chi connectivity index (χ0n) is 16.8. The summed E-state index contributed by atoms with van der Waals surface area (Å²) in [5, 5.41) is 3.00. The molecule has 5 nitrogen and oxygen atoms in total. The van der Waals surface area contributed by atoms with Crippen LogP contribution in [0, 0.1) is 12.8 Å². The van der Waals surface area contributed by atoms with E-state index in [9.17, 15) is 9.59 Å². The summed E-state index contributed by atoms with van der Waals surface area (Å²) in [6, 6.07) is 7.60. The molecule has 2 amide bonds. The van der Waals surface area contributed by atoms with E-state index in [4.69, 9.17) is 4.74 Å². The SMILES string of the molecule is Cc1ccc(C(=O)NCC2CCC3(CCN(C(=O)CC(C)C)CC3)O2)cc1. The molecule has 1 atom stereocenters. The van der Waals surface area contributed by atoms with Crippen LogP contribution in [0.2, 0.25) is 0 Å². The summed E-state index contributed by atoms with van der Waals surface area (Å²) >= 11 is 0. The zero-order chi connectivity index (χ0) is 19.4. The van der Waals surface area contributed by atoms with Gasteiger partial charge in [0.2, 0.25) is 5.91 Å². The minimum atomic E-state index is -0.103. The number of amides is 2. The second kappa shape index (κ2) is 8.42. The van der Waals surface area contributed by atoms with E-state index in [0.29, 0.717) is 24.4 Å². The van der Waals surface area contributed by atoms with Crippen molar-refractivity contribution in [2.45, 2.75) is 64.6 Å². The highest BCUT2D eigenvalue weighted by molar-refractivity contribution is 5.94. The van der Waals surface area contributed by atoms with Crippen molar-refractivity contribution in [2.75, 3.05) is 19.6 Å². The van der Waals surface area contributed by atoms with Gasteiger partial charge >= 0.3 is 0 Å². The van der Waals surface area contributed by atoms with E-state index < -0.39 is 0 Å². The molecular formula is C22H32N2O3. The Morgan fingerprint density at radius 2 is 1.85 bits per heavy atom. The molecule has 2 aliphatic rings. The number of nitrogens with one attached hydrogen (secondary N) is 1. The Hall–Kier alpha value is -1.88. The number of benzene rings is 1. The van der Waals surface area contributed by atoms with Crippen LogP contribution in [0.4, 0.5) is 0 Å². The Bertz CT molecular complexity index is 661. The van der Waals surface area contributed by atoms with Crippen molar-refractivity contribution in [1.82, 2.24) is 10.2 Å². The van der Waals surface area contributed by atoms with E-state index in [0.717, 1.165) is 44.3 Å². The summed E-state index contributed by atoms with van der Waals surface area (Å²) in [7, 11) is 0. The van der Waals surface area contributed by atoms with Crippen molar-refractivity contribution in [1.29, 1.82) is 0 Å². The molecule has 0 aliphatic carbocycles. The van der Waals surface area contributed by atoms with Crippen LogP contribution >= 0.6 is 0 Å². The molecule has 148 valence electrons. The monoisotopic (exact) mass is 372 g/mol. The van der Waals surface area contributed by atoms with Gasteiger partial charge in [-0.3, -0.25) is 9.59 Å². The van der Waals surface area contributed by atoms with Crippen molar-refractivity contribution in [3.8, 4) is 0 Å². The lowest BCUT2D eigenvalue weighted by molar-refractivity contribution is -0.138. The molecular weight excluding hydrogens is 340 g/mol. The fraction of sp³-hybridized carbons (Fsp3) is 0.636. The molecule has 2 heterocycles. The highest BCUT2D eigenvalue weighted by Crippen LogP contribution is 2.38. The Kier molecular flexibility index (Phi) is 6.20. The van der Waals surface area contributed by atoms with E-state index in [1.165, 1.54) is 0 Å². The van der Waals surface area contributed by atoms with Crippen molar-refractivity contribution < 1.29 is 14.3 Å². The number of carbonyl (C=O) groups excluding carboxylic acids is 2. The maximum absolute atomic E-state index is 12.3. The standard InChI is InChI=1S/C22H32N2O3/c1-16(2)14-20(25)24-12-10-22(11-13-24)9-8-19(27-22)15-23-21(26)18-6-4-17(3)5-7-18/h4-7,16,19H,8-15H2,1-3H3,(H,23,26). The van der Waals surface area contributed by atoms with Gasteiger partial charge in [-0.25, -0.2) is 0 Å². The van der Waals surface area contributed by atoms with Gasteiger partial charge in [0.1, 0.15) is 0 Å². The predicted molar refractivity (Wildman–Crippen MR) is 106 cm³/mol. The molecule has 2 saturated heterocycles. The smallest absolute Gasteiger partial charge is 0.251 e. The van der Waals surface area contributed by atoms with Gasteiger partial charge in [0.25, 0.3) is 5.91 Å². The molecule has 0 aromatic heterocycles. The fourth-order valence-electron chi connectivity index (χ4n) is 4.06. The summed E-state index contributed by atoms with van der Waals surface area (Å²) in [5.74, 6) is 0.617. The Balaban J connectivity index is 1.44. The zero-order valence-corrected chi connectivity index (χ0v) is 16.8. The Morgan fingerprint density at radius 1 is 1.19 bits per heavy atom. The quantitative estimate of drug-likeness (QED) is 0.863. The lowest BCUT2D eigenvalue weighted by Gasteiger charge is -2.39. The number of hydrogen-bond acceptors (Lipinski definition) is 3. The summed E-state index contributed by atoms with van der Waals surface area (Å²) in [6.45, 7) is 8.29. The number of ether oxygens (including phenoxy) is 1. The summed E-state index contributed by atoms with van der Waals surface area (Å²) < 4.78 is 6.35. The number of rotatable bonds is 5. The van der Waals surface area contributed by atoms with Gasteiger partial charge in [-0.05, 0) is 50.7 Å². The van der Waals surface area contributed by atoms with E-state index in [1.54, 1.807) is 0 Å². The van der Waals surface area contributed by atoms with Crippen molar-refractivity contribution >= 4 is 11.8 Å². The van der Waals surface area contributed by atoms with E-state index >= 15 is 0 Å². The van der Waals surface area contributed by atoms with Crippen LogP contribution in [0.5, 0.6) is 0 Å². The number of likely N-dealkylation sites (tertiary alicyclic amines) is 1. The molecule has 5 heteroatoms. The molecule has 1 unspecified atom stereocenters. The minimum absolute atomic E-state index is 0.0475. The Labute approximate surface area is 162 Å². The first-order valence-corrected chi connectivity index (χ1v) is 10.2. The van der Waals surface area contributed by atoms with E-state index in [2.05, 4.69) is 19.2 Å². The number of carbonyl (C=O) groups is 2. The van der Waals surface area contributed by atoms with Crippen LogP contribution in [0.25, 0.3) is 0 Å². The average molecular weight is 373 g/mol. The van der Waals surface area contributed by atoms with Crippen LogP contribution in [-0.2, 0) is 9.53 Å². The minimum Gasteiger partial charge on any atom is -0.370 e. The second-order valence-electron chi connectivity index (χ2n) is 8.52. The molecule has 1 aromatic rings. The summed E-state index contributed by atoms with van der Waals surface area (Å²) in [4.78, 5) is 26.5. The number of nitrogens with zero attached hydrogens (tertiary/aromatic N) is 1. The van der Waals surface area contributed by atoms with Crippen LogP contribution in [0.3, 0.4) is 0 Å². The van der Waals surface area contributed by atoms with Crippen LogP contribution in [0.15, 0.2) is 24.3 Å². The Morgan fingerprint density at radius 3 is 2.48 bits per heavy atom. The van der Waals surface area contributed by atoms with Gasteiger partial charge in [-0.1, -0.05) is 31.5 Å². The first kappa shape index (κ1) is 19.9. The molecule has 27 heavy (non-hydrogen) atoms. The van der Waals surface area contributed by atoms with Crippen LogP contribution in [-0.4, -0.2) is 48.1 Å². The normalized spacial score (nSPS) is 21.6. The third kappa shape index (κ3) is 5.10. The summed E-state index contributed by atoms with van der Waals surface area (Å²) in [6.07, 6.45) is 4.48.